The van der Waals surface area contributed by atoms with Crippen LogP contribution in [0, 0.1) is 12.7 Å². The van der Waals surface area contributed by atoms with Gasteiger partial charge in [-0.05, 0) is 18.6 Å². The molecule has 0 atom stereocenters. The van der Waals surface area contributed by atoms with Gasteiger partial charge in [0.05, 0.1) is 7.11 Å². The Kier molecular flexibility index (Phi) is 3.96. The Morgan fingerprint density at radius 3 is 2.80 bits per heavy atom. The first kappa shape index (κ1) is 11.8. The van der Waals surface area contributed by atoms with Crippen molar-refractivity contribution in [1.82, 2.24) is 0 Å². The molecule has 1 rings (SSSR count). The van der Waals surface area contributed by atoms with Gasteiger partial charge in [-0.25, -0.2) is 9.18 Å². The number of benzene rings is 1. The fourth-order valence-corrected chi connectivity index (χ4v) is 1.26. The summed E-state index contributed by atoms with van der Waals surface area (Å²) in [7, 11) is 1.26. The van der Waals surface area contributed by atoms with Crippen LogP contribution in [0.3, 0.4) is 0 Å². The van der Waals surface area contributed by atoms with Crippen molar-refractivity contribution in [2.75, 3.05) is 13.7 Å². The number of hydrogen-bond acceptors (Lipinski definition) is 4. The number of esters is 1. The molecule has 0 saturated heterocycles. The van der Waals surface area contributed by atoms with Gasteiger partial charge < -0.3 is 9.47 Å². The standard InChI is InChI=1S/C10H11FO3S/c1-6-3-9(15)7(11)4-8(6)14-5-10(12)13-2/h3-4,15H,5H2,1-2H3. The minimum atomic E-state index is -0.509. The van der Waals surface area contributed by atoms with E-state index in [9.17, 15) is 9.18 Å². The van der Waals surface area contributed by atoms with E-state index < -0.39 is 11.8 Å². The lowest BCUT2D eigenvalue weighted by Gasteiger charge is -2.08. The molecule has 5 heteroatoms. The van der Waals surface area contributed by atoms with Crippen LogP contribution >= 0.6 is 12.6 Å². The largest absolute Gasteiger partial charge is 0.482 e. The Bertz CT molecular complexity index is 379. The van der Waals surface area contributed by atoms with Crippen molar-refractivity contribution in [3.63, 3.8) is 0 Å². The highest BCUT2D eigenvalue weighted by Gasteiger charge is 2.08. The predicted octanol–water partition coefficient (Wildman–Crippen LogP) is 1.97. The number of carbonyl (C=O) groups is 1. The van der Waals surface area contributed by atoms with Crippen molar-refractivity contribution in [1.29, 1.82) is 0 Å². The first-order valence-corrected chi connectivity index (χ1v) is 4.68. The lowest BCUT2D eigenvalue weighted by Crippen LogP contribution is -2.13. The van der Waals surface area contributed by atoms with Gasteiger partial charge in [0.1, 0.15) is 11.6 Å². The minimum absolute atomic E-state index is 0.233. The Labute approximate surface area is 92.6 Å². The van der Waals surface area contributed by atoms with E-state index in [1.54, 1.807) is 6.92 Å². The first-order valence-electron chi connectivity index (χ1n) is 4.23. The number of hydrogen-bond donors (Lipinski definition) is 1. The van der Waals surface area contributed by atoms with Gasteiger partial charge in [-0.15, -0.1) is 12.6 Å². The summed E-state index contributed by atoms with van der Waals surface area (Å²) in [6, 6.07) is 2.73. The maximum absolute atomic E-state index is 13.1. The van der Waals surface area contributed by atoms with Crippen LogP contribution in [-0.2, 0) is 9.53 Å². The number of thiol groups is 1. The molecule has 0 N–H and O–H groups in total. The second-order valence-corrected chi connectivity index (χ2v) is 3.42. The lowest BCUT2D eigenvalue weighted by atomic mass is 10.2. The van der Waals surface area contributed by atoms with Crippen LogP contribution in [0.2, 0.25) is 0 Å². The van der Waals surface area contributed by atoms with Crippen molar-refractivity contribution in [2.45, 2.75) is 11.8 Å². The third-order valence-corrected chi connectivity index (χ3v) is 2.16. The maximum Gasteiger partial charge on any atom is 0.343 e. The van der Waals surface area contributed by atoms with Gasteiger partial charge in [-0.1, -0.05) is 0 Å². The van der Waals surface area contributed by atoms with Gasteiger partial charge >= 0.3 is 5.97 Å². The topological polar surface area (TPSA) is 35.5 Å². The molecular weight excluding hydrogens is 219 g/mol. The summed E-state index contributed by atoms with van der Waals surface area (Å²) in [4.78, 5) is 11.0. The average molecular weight is 230 g/mol. The number of ether oxygens (including phenoxy) is 2. The van der Waals surface area contributed by atoms with Crippen molar-refractivity contribution in [2.24, 2.45) is 0 Å². The monoisotopic (exact) mass is 230 g/mol. The second-order valence-electron chi connectivity index (χ2n) is 2.93. The number of rotatable bonds is 3. The van der Waals surface area contributed by atoms with Gasteiger partial charge in [-0.3, -0.25) is 0 Å². The summed E-state index contributed by atoms with van der Waals surface area (Å²) < 4.78 is 22.6. The summed E-state index contributed by atoms with van der Waals surface area (Å²) in [5.41, 5.74) is 0.713. The van der Waals surface area contributed by atoms with E-state index in [1.165, 1.54) is 19.2 Å². The summed E-state index contributed by atoms with van der Waals surface area (Å²) in [5, 5.41) is 0. The molecular formula is C10H11FO3S. The van der Waals surface area contributed by atoms with Crippen molar-refractivity contribution in [3.05, 3.63) is 23.5 Å². The summed E-state index contributed by atoms with van der Waals surface area (Å²) in [6.07, 6.45) is 0. The van der Waals surface area contributed by atoms with Gasteiger partial charge in [-0.2, -0.15) is 0 Å². The normalized spacial score (nSPS) is 9.87. The quantitative estimate of drug-likeness (QED) is 0.637. The third kappa shape index (κ3) is 3.13. The fourth-order valence-electron chi connectivity index (χ4n) is 0.999. The number of aryl methyl sites for hydroxylation is 1. The van der Waals surface area contributed by atoms with Crippen LogP contribution in [0.15, 0.2) is 17.0 Å². The van der Waals surface area contributed by atoms with E-state index in [0.29, 0.717) is 11.3 Å². The van der Waals surface area contributed by atoms with E-state index in [1.807, 2.05) is 0 Å². The summed E-state index contributed by atoms with van der Waals surface area (Å²) in [6.45, 7) is 1.51. The molecule has 1 aromatic rings. The molecule has 0 spiro atoms. The first-order chi connectivity index (χ1) is 7.04. The van der Waals surface area contributed by atoms with Crippen LogP contribution < -0.4 is 4.74 Å². The van der Waals surface area contributed by atoms with Gasteiger partial charge in [0, 0.05) is 11.0 Å². The third-order valence-electron chi connectivity index (χ3n) is 1.82. The predicted molar refractivity (Wildman–Crippen MR) is 55.9 cm³/mol. The zero-order chi connectivity index (χ0) is 11.4. The number of methoxy groups -OCH3 is 1. The highest BCUT2D eigenvalue weighted by atomic mass is 32.1. The number of carbonyl (C=O) groups excluding carboxylic acids is 1. The Hall–Kier alpha value is -1.23. The van der Waals surface area contributed by atoms with Crippen molar-refractivity contribution >= 4 is 18.6 Å². The zero-order valence-electron chi connectivity index (χ0n) is 8.41. The molecule has 0 aromatic heterocycles. The highest BCUT2D eigenvalue weighted by Crippen LogP contribution is 2.24. The maximum atomic E-state index is 13.1. The Balaban J connectivity index is 2.77. The zero-order valence-corrected chi connectivity index (χ0v) is 9.31. The molecule has 0 bridgehead atoms. The van der Waals surface area contributed by atoms with Gasteiger partial charge in [0.15, 0.2) is 6.61 Å². The smallest absolute Gasteiger partial charge is 0.343 e. The molecule has 15 heavy (non-hydrogen) atoms. The minimum Gasteiger partial charge on any atom is -0.482 e. The van der Waals surface area contributed by atoms with E-state index in [4.69, 9.17) is 4.74 Å². The molecule has 0 saturated carbocycles. The molecule has 0 unspecified atom stereocenters. The summed E-state index contributed by atoms with van der Waals surface area (Å²) in [5.74, 6) is -0.677. The van der Waals surface area contributed by atoms with Gasteiger partial charge in [0.2, 0.25) is 0 Å². The molecule has 0 aliphatic rings. The van der Waals surface area contributed by atoms with Crippen LogP contribution in [0.25, 0.3) is 0 Å². The average Bonchev–Trinajstić information content (AvgIpc) is 2.21. The van der Waals surface area contributed by atoms with Crippen LogP contribution in [-0.4, -0.2) is 19.7 Å². The lowest BCUT2D eigenvalue weighted by molar-refractivity contribution is -0.142. The highest BCUT2D eigenvalue weighted by molar-refractivity contribution is 7.80. The molecule has 3 nitrogen and oxygen atoms in total. The molecule has 0 aliphatic carbocycles. The fraction of sp³-hybridized carbons (Fsp3) is 0.300. The molecule has 0 aliphatic heterocycles. The van der Waals surface area contributed by atoms with Crippen molar-refractivity contribution < 1.29 is 18.7 Å². The molecule has 0 fully saturated rings. The Morgan fingerprint density at radius 1 is 1.53 bits per heavy atom. The van der Waals surface area contributed by atoms with Crippen LogP contribution in [0.5, 0.6) is 5.75 Å². The molecule has 82 valence electrons. The molecule has 0 radical (unpaired) electrons. The van der Waals surface area contributed by atoms with E-state index in [0.717, 1.165) is 0 Å². The molecule has 1 aromatic carbocycles. The van der Waals surface area contributed by atoms with Gasteiger partial charge in [0.25, 0.3) is 0 Å². The second kappa shape index (κ2) is 5.02. The van der Waals surface area contributed by atoms with Crippen LogP contribution in [0.1, 0.15) is 5.56 Å². The molecule has 0 heterocycles. The molecule has 0 amide bonds. The van der Waals surface area contributed by atoms with E-state index >= 15 is 0 Å². The SMILES string of the molecule is COC(=O)COc1cc(F)c(S)cc1C. The van der Waals surface area contributed by atoms with Crippen molar-refractivity contribution in [3.8, 4) is 5.75 Å². The number of halogens is 1. The summed E-state index contributed by atoms with van der Waals surface area (Å²) >= 11 is 3.92. The van der Waals surface area contributed by atoms with E-state index in [-0.39, 0.29) is 11.5 Å². The Morgan fingerprint density at radius 2 is 2.20 bits per heavy atom. The van der Waals surface area contributed by atoms with Crippen LogP contribution in [0.4, 0.5) is 4.39 Å². The van der Waals surface area contributed by atoms with E-state index in [2.05, 4.69) is 17.4 Å².